The van der Waals surface area contributed by atoms with Crippen molar-refractivity contribution in [2.45, 2.75) is 24.7 Å². The van der Waals surface area contributed by atoms with Crippen molar-refractivity contribution in [3.05, 3.63) is 32.1 Å². The van der Waals surface area contributed by atoms with Crippen LogP contribution in [-0.4, -0.2) is 33.8 Å². The van der Waals surface area contributed by atoms with E-state index in [1.54, 1.807) is 0 Å². The van der Waals surface area contributed by atoms with Gasteiger partial charge in [-0.15, -0.1) is 0 Å². The fourth-order valence-corrected chi connectivity index (χ4v) is 3.83. The Hall–Kier alpha value is -1.67. The van der Waals surface area contributed by atoms with E-state index < -0.39 is 62.6 Å². The van der Waals surface area contributed by atoms with Crippen molar-refractivity contribution in [3.8, 4) is 0 Å². The van der Waals surface area contributed by atoms with E-state index in [1.807, 2.05) is 4.98 Å². The van der Waals surface area contributed by atoms with Gasteiger partial charge < -0.3 is 44.3 Å². The van der Waals surface area contributed by atoms with Gasteiger partial charge in [0.1, 0.15) is 6.10 Å². The van der Waals surface area contributed by atoms with Crippen molar-refractivity contribution >= 4 is 27.2 Å². The number of ether oxygens (including phenoxy) is 1. The van der Waals surface area contributed by atoms with Crippen LogP contribution in [0.15, 0.2) is 10.9 Å². The molecule has 17 heteroatoms. The molecule has 0 bridgehead atoms. The lowest BCUT2D eigenvalue weighted by atomic mass is 10.1. The van der Waals surface area contributed by atoms with Crippen molar-refractivity contribution < 1.29 is 47.4 Å². The molecule has 0 amide bonds. The fourth-order valence-electron chi connectivity index (χ4n) is 2.33. The first-order valence-corrected chi connectivity index (χ1v) is 9.91. The lowest BCUT2D eigenvalue weighted by Gasteiger charge is -2.35. The van der Waals surface area contributed by atoms with E-state index in [1.165, 1.54) is 0 Å². The lowest BCUT2D eigenvalue weighted by Crippen LogP contribution is -2.28. The van der Waals surface area contributed by atoms with E-state index in [9.17, 15) is 43.8 Å². The number of nitrogens with zero attached hydrogens (tertiary/aromatic N) is 1. The van der Waals surface area contributed by atoms with Crippen LogP contribution in [0.4, 0.5) is 11.5 Å². The van der Waals surface area contributed by atoms with Gasteiger partial charge in [0, 0.05) is 12.5 Å². The number of nitrogens with one attached hydrogen (secondary N) is 1. The number of nitro groups is 1. The summed E-state index contributed by atoms with van der Waals surface area (Å²) in [7, 11) is -11.4. The summed E-state index contributed by atoms with van der Waals surface area (Å²) in [6.07, 6.45) is -4.18. The zero-order valence-electron chi connectivity index (χ0n) is 13.1. The molecule has 0 aliphatic carbocycles. The fraction of sp³-hybridized carbons (Fsp3) is 0.500. The third-order valence-electron chi connectivity index (χ3n) is 3.44. The van der Waals surface area contributed by atoms with E-state index in [2.05, 4.69) is 8.83 Å². The normalized spacial score (nSPS) is 25.3. The second-order valence-electron chi connectivity index (χ2n) is 5.35. The predicted octanol–water partition coefficient (Wildman–Crippen LogP) is -2.61. The number of phosphoric ester groups is 1. The minimum Gasteiger partial charge on any atom is -0.790 e. The van der Waals surface area contributed by atoms with Gasteiger partial charge in [-0.2, -0.15) is 0 Å². The first kappa shape index (κ1) is 21.6. The Morgan fingerprint density at radius 3 is 2.59 bits per heavy atom. The van der Waals surface area contributed by atoms with Crippen LogP contribution in [-0.2, 0) is 22.7 Å². The van der Waals surface area contributed by atoms with Gasteiger partial charge in [0.05, 0.1) is 37.1 Å². The Bertz CT molecular complexity index is 881. The Morgan fingerprint density at radius 2 is 2.04 bits per heavy atom. The molecule has 0 saturated carbocycles. The van der Waals surface area contributed by atoms with Gasteiger partial charge in [-0.1, -0.05) is 0 Å². The summed E-state index contributed by atoms with van der Waals surface area (Å²) < 4.78 is 34.2. The van der Waals surface area contributed by atoms with Crippen LogP contribution in [0.5, 0.6) is 0 Å². The minimum atomic E-state index is -5.88. The molecule has 152 valence electrons. The maximum Gasteiger partial charge on any atom is 0.309 e. The zero-order valence-corrected chi connectivity index (χ0v) is 14.9. The molecule has 0 aromatic carbocycles. The summed E-state index contributed by atoms with van der Waals surface area (Å²) in [5, 5.41) is 20.8. The van der Waals surface area contributed by atoms with Crippen molar-refractivity contribution in [1.29, 1.82) is 0 Å². The molecule has 4 atom stereocenters. The molecule has 4 N–H and O–H groups in total. The molecule has 0 radical (unpaired) electrons. The molecular weight excluding hydrogens is 416 g/mol. The smallest absolute Gasteiger partial charge is 0.309 e. The summed E-state index contributed by atoms with van der Waals surface area (Å²) in [5.74, 6) is -0.490. The Kier molecular flexibility index (Phi) is 6.21. The summed E-state index contributed by atoms with van der Waals surface area (Å²) in [5.41, 5.74) is 3.65. The molecule has 1 aliphatic rings. The van der Waals surface area contributed by atoms with E-state index in [4.69, 9.17) is 10.5 Å². The number of pyridine rings is 1. The maximum absolute atomic E-state index is 11.9. The van der Waals surface area contributed by atoms with Gasteiger partial charge in [0.15, 0.2) is 5.82 Å². The van der Waals surface area contributed by atoms with Crippen LogP contribution >= 0.6 is 15.6 Å². The van der Waals surface area contributed by atoms with Crippen LogP contribution < -0.4 is 26.0 Å². The number of hydrogen-bond acceptors (Lipinski definition) is 13. The molecular formula is C10H12N3O12P2-3. The quantitative estimate of drug-likeness (QED) is 0.229. The summed E-state index contributed by atoms with van der Waals surface area (Å²) in [4.78, 5) is 55.8. The first-order valence-electron chi connectivity index (χ1n) is 6.98. The molecule has 2 rings (SSSR count). The highest BCUT2D eigenvalue weighted by Gasteiger charge is 2.37. The van der Waals surface area contributed by atoms with Crippen LogP contribution in [0.2, 0.25) is 0 Å². The standard InChI is InChI=1S/C10H15N3O12P2/c11-9-5(13(16)17)1-4(10(15)12-9)7-2-6(14)8(24-7)3-23-27(21,22)25-26(18,19)20/h1,6-8,14H,2-3H2,(H,21,22)(H3,11,12,15)(H2,18,19,20)/p-3. The molecule has 27 heavy (non-hydrogen) atoms. The molecule has 1 aromatic heterocycles. The third-order valence-corrected chi connectivity index (χ3v) is 5.51. The molecule has 0 spiro atoms. The van der Waals surface area contributed by atoms with Crippen molar-refractivity contribution in [3.63, 3.8) is 0 Å². The third kappa shape index (κ3) is 5.65. The number of aromatic amines is 1. The van der Waals surface area contributed by atoms with Crippen molar-refractivity contribution in [2.24, 2.45) is 0 Å². The summed E-state index contributed by atoms with van der Waals surface area (Å²) in [6.45, 7) is -0.937. The van der Waals surface area contributed by atoms with Gasteiger partial charge in [-0.3, -0.25) is 23.8 Å². The van der Waals surface area contributed by atoms with E-state index >= 15 is 0 Å². The number of H-pyrrole nitrogens is 1. The Labute approximate surface area is 149 Å². The molecule has 4 unspecified atom stereocenters. The molecule has 15 nitrogen and oxygen atoms in total. The van der Waals surface area contributed by atoms with Gasteiger partial charge >= 0.3 is 5.69 Å². The molecule has 1 aromatic rings. The van der Waals surface area contributed by atoms with Gasteiger partial charge in [0.25, 0.3) is 13.4 Å². The van der Waals surface area contributed by atoms with Crippen LogP contribution in [0.25, 0.3) is 0 Å². The average molecular weight is 428 g/mol. The van der Waals surface area contributed by atoms with E-state index in [-0.39, 0.29) is 12.0 Å². The topological polar surface area (TPSA) is 253 Å². The lowest BCUT2D eigenvalue weighted by molar-refractivity contribution is -0.384. The Balaban J connectivity index is 2.12. The number of nitrogens with two attached hydrogens (primary N) is 1. The highest BCUT2D eigenvalue weighted by atomic mass is 31.3. The number of hydrogen-bond donors (Lipinski definition) is 3. The second kappa shape index (κ2) is 7.75. The van der Waals surface area contributed by atoms with Gasteiger partial charge in [0.2, 0.25) is 0 Å². The highest BCUT2D eigenvalue weighted by molar-refractivity contribution is 7.58. The second-order valence-corrected chi connectivity index (χ2v) is 8.05. The van der Waals surface area contributed by atoms with Crippen LogP contribution in [0.1, 0.15) is 18.1 Å². The van der Waals surface area contributed by atoms with E-state index in [0.29, 0.717) is 0 Å². The Morgan fingerprint density at radius 1 is 1.41 bits per heavy atom. The number of aliphatic hydroxyl groups excluding tert-OH is 1. The zero-order chi connectivity index (χ0) is 20.6. The molecule has 1 fully saturated rings. The van der Waals surface area contributed by atoms with E-state index in [0.717, 1.165) is 6.07 Å². The first-order chi connectivity index (χ1) is 12.3. The maximum atomic E-state index is 11.9. The SMILES string of the molecule is Nc1[nH]c(=O)c(C2CC(O)C(COP(=O)([O-])OP(=O)([O-])[O-])O2)cc1[N+](=O)[O-]. The molecule has 1 aliphatic heterocycles. The highest BCUT2D eigenvalue weighted by Crippen LogP contribution is 2.50. The van der Waals surface area contributed by atoms with Gasteiger partial charge in [-0.05, 0) is 0 Å². The summed E-state index contributed by atoms with van der Waals surface area (Å²) >= 11 is 0. The largest absolute Gasteiger partial charge is 0.790 e. The number of rotatable bonds is 7. The average Bonchev–Trinajstić information content (AvgIpc) is 2.83. The minimum absolute atomic E-state index is 0.248. The van der Waals surface area contributed by atoms with Crippen LogP contribution in [0, 0.1) is 10.1 Å². The molecule has 2 heterocycles. The number of aliphatic hydroxyl groups is 1. The monoisotopic (exact) mass is 428 g/mol. The van der Waals surface area contributed by atoms with Crippen LogP contribution in [0.3, 0.4) is 0 Å². The number of nitrogen functional groups attached to an aromatic ring is 1. The molecule has 1 saturated heterocycles. The van der Waals surface area contributed by atoms with Crippen molar-refractivity contribution in [1.82, 2.24) is 4.98 Å². The number of aromatic nitrogens is 1. The number of anilines is 1. The van der Waals surface area contributed by atoms with Crippen molar-refractivity contribution in [2.75, 3.05) is 12.3 Å². The summed E-state index contributed by atoms with van der Waals surface area (Å²) in [6, 6.07) is 0.849. The number of phosphoric acid groups is 2. The predicted molar refractivity (Wildman–Crippen MR) is 78.6 cm³/mol. The van der Waals surface area contributed by atoms with Gasteiger partial charge in [-0.25, -0.2) is 0 Å².